The third-order valence-electron chi connectivity index (χ3n) is 4.41. The van der Waals surface area contributed by atoms with Gasteiger partial charge in [-0.05, 0) is 35.7 Å². The third-order valence-corrected chi connectivity index (χ3v) is 4.41. The van der Waals surface area contributed by atoms with E-state index in [0.717, 1.165) is 11.6 Å². The quantitative estimate of drug-likeness (QED) is 0.534. The summed E-state index contributed by atoms with van der Waals surface area (Å²) in [6.07, 6.45) is 3.33. The lowest BCUT2D eigenvalue weighted by molar-refractivity contribution is 0.248. The van der Waals surface area contributed by atoms with E-state index in [1.165, 1.54) is 12.1 Å². The number of pyridine rings is 1. The molecule has 0 saturated heterocycles. The van der Waals surface area contributed by atoms with Crippen molar-refractivity contribution < 1.29 is 13.9 Å². The molecule has 0 aliphatic heterocycles. The van der Waals surface area contributed by atoms with E-state index in [1.807, 2.05) is 26.0 Å². The maximum absolute atomic E-state index is 13.4. The first kappa shape index (κ1) is 20.6. The van der Waals surface area contributed by atoms with E-state index in [1.54, 1.807) is 18.5 Å². The Labute approximate surface area is 168 Å². The fourth-order valence-electron chi connectivity index (χ4n) is 2.77. The van der Waals surface area contributed by atoms with Crippen molar-refractivity contribution in [3.8, 4) is 11.3 Å². The van der Waals surface area contributed by atoms with E-state index in [-0.39, 0.29) is 25.1 Å². The Morgan fingerprint density at radius 2 is 1.69 bits per heavy atom. The molecule has 2 aromatic heterocycles. The van der Waals surface area contributed by atoms with Gasteiger partial charge in [-0.15, -0.1) is 0 Å². The molecule has 0 spiro atoms. The van der Waals surface area contributed by atoms with Crippen molar-refractivity contribution in [3.05, 3.63) is 66.0 Å². The summed E-state index contributed by atoms with van der Waals surface area (Å²) >= 11 is 0. The van der Waals surface area contributed by atoms with Gasteiger partial charge in [-0.1, -0.05) is 13.8 Å². The number of benzene rings is 1. The largest absolute Gasteiger partial charge is 0.394 e. The van der Waals surface area contributed by atoms with E-state index < -0.39 is 11.6 Å². The van der Waals surface area contributed by atoms with E-state index in [0.29, 0.717) is 23.0 Å². The molecule has 8 heteroatoms. The highest BCUT2D eigenvalue weighted by Gasteiger charge is 2.15. The van der Waals surface area contributed by atoms with Crippen LogP contribution in [-0.4, -0.2) is 32.7 Å². The minimum absolute atomic E-state index is 0.0636. The first-order valence-corrected chi connectivity index (χ1v) is 9.30. The highest BCUT2D eigenvalue weighted by Crippen LogP contribution is 2.22. The molecule has 1 atom stereocenters. The summed E-state index contributed by atoms with van der Waals surface area (Å²) in [5, 5.41) is 15.8. The van der Waals surface area contributed by atoms with E-state index in [2.05, 4.69) is 25.6 Å². The number of anilines is 2. The van der Waals surface area contributed by atoms with Gasteiger partial charge >= 0.3 is 0 Å². The standard InChI is InChI=1S/C21H23F2N5O/c1-13(2)19(12-29)27-21-26-18(15-3-5-24-6-4-15)10-20(28-21)25-11-14-7-16(22)9-17(23)8-14/h3-10,13,19,29H,11-12H2,1-2H3,(H2,25,26,27,28)/t19-/m1/s1. The molecular formula is C21H23F2N5O. The highest BCUT2D eigenvalue weighted by molar-refractivity contribution is 5.64. The van der Waals surface area contributed by atoms with Crippen molar-refractivity contribution >= 4 is 11.8 Å². The van der Waals surface area contributed by atoms with E-state index >= 15 is 0 Å². The van der Waals surface area contributed by atoms with Crippen LogP contribution < -0.4 is 10.6 Å². The van der Waals surface area contributed by atoms with E-state index in [4.69, 9.17) is 0 Å². The van der Waals surface area contributed by atoms with Gasteiger partial charge in [-0.2, -0.15) is 4.98 Å². The Kier molecular flexibility index (Phi) is 6.66. The van der Waals surface area contributed by atoms with Gasteiger partial charge in [-0.25, -0.2) is 13.8 Å². The second-order valence-electron chi connectivity index (χ2n) is 7.01. The zero-order chi connectivity index (χ0) is 20.8. The molecular weight excluding hydrogens is 376 g/mol. The van der Waals surface area contributed by atoms with Crippen molar-refractivity contribution in [1.82, 2.24) is 15.0 Å². The molecule has 6 nitrogen and oxygen atoms in total. The van der Waals surface area contributed by atoms with E-state index in [9.17, 15) is 13.9 Å². The predicted molar refractivity (Wildman–Crippen MR) is 108 cm³/mol. The molecule has 0 radical (unpaired) electrons. The number of aliphatic hydroxyl groups excluding tert-OH is 1. The SMILES string of the molecule is CC(C)[C@@H](CO)Nc1nc(NCc2cc(F)cc(F)c2)cc(-c2ccncc2)n1. The molecule has 0 saturated carbocycles. The lowest BCUT2D eigenvalue weighted by Crippen LogP contribution is -2.30. The summed E-state index contributed by atoms with van der Waals surface area (Å²) in [6.45, 7) is 4.09. The number of hydrogen-bond acceptors (Lipinski definition) is 6. The van der Waals surface area contributed by atoms with Crippen molar-refractivity contribution in [1.29, 1.82) is 0 Å². The molecule has 3 aromatic rings. The number of nitrogens with one attached hydrogen (secondary N) is 2. The predicted octanol–water partition coefficient (Wildman–Crippen LogP) is 3.86. The van der Waals surface area contributed by atoms with Gasteiger partial charge in [0.1, 0.15) is 17.5 Å². The molecule has 3 rings (SSSR count). The number of hydrogen-bond donors (Lipinski definition) is 3. The maximum atomic E-state index is 13.4. The van der Waals surface area contributed by atoms with Crippen LogP contribution in [0.4, 0.5) is 20.5 Å². The van der Waals surface area contributed by atoms with Crippen LogP contribution in [0.1, 0.15) is 19.4 Å². The van der Waals surface area contributed by atoms with Gasteiger partial charge < -0.3 is 15.7 Å². The van der Waals surface area contributed by atoms with Crippen molar-refractivity contribution in [2.45, 2.75) is 26.4 Å². The molecule has 0 amide bonds. The number of nitrogens with zero attached hydrogens (tertiary/aromatic N) is 3. The Morgan fingerprint density at radius 3 is 2.31 bits per heavy atom. The van der Waals surface area contributed by atoms with Crippen LogP contribution in [0.25, 0.3) is 11.3 Å². The molecule has 0 aliphatic carbocycles. The Bertz CT molecular complexity index is 933. The minimum atomic E-state index is -0.632. The van der Waals surface area contributed by atoms with Crippen LogP contribution in [0.5, 0.6) is 0 Å². The summed E-state index contributed by atoms with van der Waals surface area (Å²) in [5.41, 5.74) is 1.95. The van der Waals surface area contributed by atoms with Gasteiger partial charge in [-0.3, -0.25) is 4.98 Å². The molecule has 0 aliphatic rings. The molecule has 29 heavy (non-hydrogen) atoms. The number of aromatic nitrogens is 3. The topological polar surface area (TPSA) is 83.0 Å². The molecule has 3 N–H and O–H groups in total. The van der Waals surface area contributed by atoms with Crippen LogP contribution in [-0.2, 0) is 6.54 Å². The second kappa shape index (κ2) is 9.38. The summed E-state index contributed by atoms with van der Waals surface area (Å²) in [5.74, 6) is -0.265. The Balaban J connectivity index is 1.89. The Morgan fingerprint density at radius 1 is 1.00 bits per heavy atom. The van der Waals surface area contributed by atoms with Crippen LogP contribution >= 0.6 is 0 Å². The molecule has 0 fully saturated rings. The lowest BCUT2D eigenvalue weighted by atomic mass is 10.1. The second-order valence-corrected chi connectivity index (χ2v) is 7.01. The lowest BCUT2D eigenvalue weighted by Gasteiger charge is -2.20. The van der Waals surface area contributed by atoms with Gasteiger partial charge in [0.15, 0.2) is 0 Å². The average molecular weight is 399 g/mol. The summed E-state index contributed by atoms with van der Waals surface area (Å²) < 4.78 is 26.9. The highest BCUT2D eigenvalue weighted by atomic mass is 19.1. The first-order chi connectivity index (χ1) is 13.9. The van der Waals surface area contributed by atoms with Crippen LogP contribution in [0.15, 0.2) is 48.8 Å². The fraction of sp³-hybridized carbons (Fsp3) is 0.286. The van der Waals surface area contributed by atoms with Gasteiger partial charge in [0, 0.05) is 36.6 Å². The fourth-order valence-corrected chi connectivity index (χ4v) is 2.77. The van der Waals surface area contributed by atoms with Gasteiger partial charge in [0.05, 0.1) is 18.3 Å². The Hall–Kier alpha value is -3.13. The zero-order valence-electron chi connectivity index (χ0n) is 16.2. The molecule has 2 heterocycles. The number of rotatable bonds is 8. The summed E-state index contributed by atoms with van der Waals surface area (Å²) in [6, 6.07) is 8.54. The van der Waals surface area contributed by atoms with Crippen molar-refractivity contribution in [3.63, 3.8) is 0 Å². The van der Waals surface area contributed by atoms with Crippen LogP contribution in [0.3, 0.4) is 0 Å². The average Bonchev–Trinajstić information content (AvgIpc) is 2.70. The maximum Gasteiger partial charge on any atom is 0.225 e. The molecule has 1 aromatic carbocycles. The monoisotopic (exact) mass is 399 g/mol. The molecule has 152 valence electrons. The number of halogens is 2. The van der Waals surface area contributed by atoms with Gasteiger partial charge in [0.25, 0.3) is 0 Å². The van der Waals surface area contributed by atoms with Crippen LogP contribution in [0, 0.1) is 17.6 Å². The normalized spacial score (nSPS) is 12.1. The van der Waals surface area contributed by atoms with Crippen LogP contribution in [0.2, 0.25) is 0 Å². The zero-order valence-corrected chi connectivity index (χ0v) is 16.2. The molecule has 0 unspecified atom stereocenters. The van der Waals surface area contributed by atoms with Gasteiger partial charge in [0.2, 0.25) is 5.95 Å². The smallest absolute Gasteiger partial charge is 0.225 e. The first-order valence-electron chi connectivity index (χ1n) is 9.30. The number of aliphatic hydroxyl groups is 1. The summed E-state index contributed by atoms with van der Waals surface area (Å²) in [4.78, 5) is 13.0. The minimum Gasteiger partial charge on any atom is -0.394 e. The third kappa shape index (κ3) is 5.68. The van der Waals surface area contributed by atoms with Crippen molar-refractivity contribution in [2.24, 2.45) is 5.92 Å². The summed E-state index contributed by atoms with van der Waals surface area (Å²) in [7, 11) is 0. The van der Waals surface area contributed by atoms with Crippen molar-refractivity contribution in [2.75, 3.05) is 17.2 Å². The molecule has 0 bridgehead atoms.